The second-order valence-electron chi connectivity index (χ2n) is 2.65. The van der Waals surface area contributed by atoms with E-state index >= 15 is 0 Å². The van der Waals surface area contributed by atoms with E-state index in [9.17, 15) is 4.79 Å². The minimum absolute atomic E-state index is 0.145. The molecule has 1 aliphatic rings. The molecule has 60 valence electrons. The normalized spacial score (nSPS) is 14.6. The van der Waals surface area contributed by atoms with Gasteiger partial charge in [-0.1, -0.05) is 6.07 Å². The van der Waals surface area contributed by atoms with Crippen molar-refractivity contribution in [3.8, 4) is 0 Å². The summed E-state index contributed by atoms with van der Waals surface area (Å²) >= 11 is 3.28. The lowest BCUT2D eigenvalue weighted by molar-refractivity contribution is -0.114. The number of hydrogen-bond donors (Lipinski definition) is 0. The number of rotatable bonds is 0. The average Bonchev–Trinajstić information content (AvgIpc) is 2.05. The van der Waals surface area contributed by atoms with Gasteiger partial charge in [-0.15, -0.1) is 0 Å². The second kappa shape index (κ2) is 2.83. The number of allylic oxidation sites excluding steroid dienone is 1. The van der Waals surface area contributed by atoms with E-state index in [2.05, 4.69) is 20.9 Å². The van der Waals surface area contributed by atoms with E-state index in [1.54, 1.807) is 12.2 Å². The number of aromatic nitrogens is 1. The predicted molar refractivity (Wildman–Crippen MR) is 49.7 cm³/mol. The van der Waals surface area contributed by atoms with Gasteiger partial charge in [0.2, 0.25) is 0 Å². The summed E-state index contributed by atoms with van der Waals surface area (Å²) < 4.78 is 0.806. The third-order valence-electron chi connectivity index (χ3n) is 1.77. The number of fused-ring (bicyclic) bond motifs is 1. The van der Waals surface area contributed by atoms with Crippen LogP contribution in [0.15, 0.2) is 22.8 Å². The molecule has 0 fully saturated rings. The first-order valence-corrected chi connectivity index (χ1v) is 4.41. The number of halogens is 1. The van der Waals surface area contributed by atoms with E-state index < -0.39 is 0 Å². The van der Waals surface area contributed by atoms with Crippen molar-refractivity contribution in [1.82, 2.24) is 4.98 Å². The largest absolute Gasteiger partial charge is 0.294 e. The Hall–Kier alpha value is -0.960. The molecule has 0 unspecified atom stereocenters. The topological polar surface area (TPSA) is 30.0 Å². The Morgan fingerprint density at radius 1 is 1.33 bits per heavy atom. The molecule has 0 aromatic carbocycles. The molecule has 0 saturated heterocycles. The highest BCUT2D eigenvalue weighted by Gasteiger charge is 2.10. The van der Waals surface area contributed by atoms with Crippen LogP contribution < -0.4 is 0 Å². The summed E-state index contributed by atoms with van der Waals surface area (Å²) in [5, 5.41) is 0. The van der Waals surface area contributed by atoms with Crippen molar-refractivity contribution >= 4 is 27.8 Å². The second-order valence-corrected chi connectivity index (χ2v) is 3.47. The first-order chi connectivity index (χ1) is 5.75. The molecule has 0 spiro atoms. The van der Waals surface area contributed by atoms with Crippen LogP contribution in [0, 0.1) is 0 Å². The van der Waals surface area contributed by atoms with Crippen LogP contribution in [0.3, 0.4) is 0 Å². The lowest BCUT2D eigenvalue weighted by Crippen LogP contribution is -2.06. The zero-order valence-electron chi connectivity index (χ0n) is 6.25. The summed E-state index contributed by atoms with van der Waals surface area (Å²) in [7, 11) is 0. The van der Waals surface area contributed by atoms with Gasteiger partial charge in [0.25, 0.3) is 0 Å². The lowest BCUT2D eigenvalue weighted by Gasteiger charge is -2.07. The number of nitrogens with zero attached hydrogens (tertiary/aromatic N) is 1. The Morgan fingerprint density at radius 3 is 3.00 bits per heavy atom. The van der Waals surface area contributed by atoms with Gasteiger partial charge in [-0.05, 0) is 39.7 Å². The maximum Gasteiger partial charge on any atom is 0.160 e. The van der Waals surface area contributed by atoms with E-state index in [4.69, 9.17) is 0 Å². The molecule has 2 rings (SSSR count). The zero-order valence-corrected chi connectivity index (χ0v) is 7.84. The van der Waals surface area contributed by atoms with Crippen molar-refractivity contribution in [3.05, 3.63) is 34.1 Å². The summed E-state index contributed by atoms with van der Waals surface area (Å²) in [5.41, 5.74) is 1.90. The van der Waals surface area contributed by atoms with Gasteiger partial charge in [0.1, 0.15) is 4.60 Å². The van der Waals surface area contributed by atoms with E-state index in [0.717, 1.165) is 15.9 Å². The van der Waals surface area contributed by atoms with Gasteiger partial charge >= 0.3 is 0 Å². The minimum Gasteiger partial charge on any atom is -0.294 e. The molecule has 3 heteroatoms. The monoisotopic (exact) mass is 223 g/mol. The van der Waals surface area contributed by atoms with Crippen LogP contribution in [0.1, 0.15) is 11.3 Å². The highest BCUT2D eigenvalue weighted by Crippen LogP contribution is 2.17. The fourth-order valence-electron chi connectivity index (χ4n) is 1.19. The van der Waals surface area contributed by atoms with E-state index in [0.29, 0.717) is 6.42 Å². The van der Waals surface area contributed by atoms with Gasteiger partial charge in [-0.2, -0.15) is 0 Å². The molecule has 1 heterocycles. The quantitative estimate of drug-likeness (QED) is 0.630. The summed E-state index contributed by atoms with van der Waals surface area (Å²) in [6, 6.07) is 3.78. The van der Waals surface area contributed by atoms with E-state index in [1.165, 1.54) is 0 Å². The molecule has 0 aliphatic heterocycles. The Kier molecular flexibility index (Phi) is 1.81. The molecule has 1 aromatic rings. The first-order valence-electron chi connectivity index (χ1n) is 3.62. The Balaban J connectivity index is 2.54. The Bertz CT molecular complexity index is 371. The van der Waals surface area contributed by atoms with Crippen molar-refractivity contribution in [2.45, 2.75) is 6.42 Å². The van der Waals surface area contributed by atoms with E-state index in [-0.39, 0.29) is 5.78 Å². The van der Waals surface area contributed by atoms with E-state index in [1.807, 2.05) is 12.1 Å². The van der Waals surface area contributed by atoms with Crippen LogP contribution >= 0.6 is 15.9 Å². The molecule has 1 aliphatic carbocycles. The molecule has 0 amide bonds. The molecule has 0 N–H and O–H groups in total. The summed E-state index contributed by atoms with van der Waals surface area (Å²) in [4.78, 5) is 15.2. The maximum absolute atomic E-state index is 11.0. The molecule has 0 bridgehead atoms. The van der Waals surface area contributed by atoms with Crippen molar-refractivity contribution in [2.75, 3.05) is 0 Å². The highest BCUT2D eigenvalue weighted by atomic mass is 79.9. The van der Waals surface area contributed by atoms with Gasteiger partial charge in [0.15, 0.2) is 5.78 Å². The van der Waals surface area contributed by atoms with Crippen LogP contribution in [0.5, 0.6) is 0 Å². The summed E-state index contributed by atoms with van der Waals surface area (Å²) in [6.45, 7) is 0. The molecule has 12 heavy (non-hydrogen) atoms. The fraction of sp³-hybridized carbons (Fsp3) is 0.111. The standard InChI is InChI=1S/C9H6BrNO/c10-9-4-1-6-5-7(12)2-3-8(6)11-9/h1-4H,5H2. The van der Waals surface area contributed by atoms with Gasteiger partial charge in [-0.3, -0.25) is 4.79 Å². The molecule has 0 radical (unpaired) electrons. The highest BCUT2D eigenvalue weighted by molar-refractivity contribution is 9.10. The summed E-state index contributed by atoms with van der Waals surface area (Å²) in [5.74, 6) is 0.145. The number of hydrogen-bond acceptors (Lipinski definition) is 2. The van der Waals surface area contributed by atoms with Crippen LogP contribution in [-0.2, 0) is 11.2 Å². The van der Waals surface area contributed by atoms with Crippen molar-refractivity contribution < 1.29 is 4.79 Å². The third kappa shape index (κ3) is 1.32. The maximum atomic E-state index is 11.0. The third-order valence-corrected chi connectivity index (χ3v) is 2.21. The molecule has 2 nitrogen and oxygen atoms in total. The predicted octanol–water partition coefficient (Wildman–Crippen LogP) is 1.98. The Morgan fingerprint density at radius 2 is 2.17 bits per heavy atom. The SMILES string of the molecule is O=C1C=Cc2nc(Br)ccc2C1. The molecular formula is C9H6BrNO. The Labute approximate surface area is 78.4 Å². The van der Waals surface area contributed by atoms with Gasteiger partial charge < -0.3 is 0 Å². The lowest BCUT2D eigenvalue weighted by atomic mass is 10.0. The molecule has 0 saturated carbocycles. The van der Waals surface area contributed by atoms with Crippen LogP contribution in [0.25, 0.3) is 6.08 Å². The smallest absolute Gasteiger partial charge is 0.160 e. The van der Waals surface area contributed by atoms with Gasteiger partial charge in [0.05, 0.1) is 5.69 Å². The average molecular weight is 224 g/mol. The van der Waals surface area contributed by atoms with Gasteiger partial charge in [-0.25, -0.2) is 4.98 Å². The van der Waals surface area contributed by atoms with Gasteiger partial charge in [0, 0.05) is 6.42 Å². The minimum atomic E-state index is 0.145. The molecule has 0 atom stereocenters. The van der Waals surface area contributed by atoms with Crippen LogP contribution in [0.4, 0.5) is 0 Å². The van der Waals surface area contributed by atoms with Crippen molar-refractivity contribution in [1.29, 1.82) is 0 Å². The van der Waals surface area contributed by atoms with Crippen LogP contribution in [0.2, 0.25) is 0 Å². The number of carbonyl (C=O) groups excluding carboxylic acids is 1. The van der Waals surface area contributed by atoms with Crippen molar-refractivity contribution in [3.63, 3.8) is 0 Å². The van der Waals surface area contributed by atoms with Crippen LogP contribution in [-0.4, -0.2) is 10.8 Å². The number of carbonyl (C=O) groups is 1. The summed E-state index contributed by atoms with van der Waals surface area (Å²) in [6.07, 6.45) is 3.81. The number of ketones is 1. The molecule has 1 aromatic heterocycles. The van der Waals surface area contributed by atoms with Crippen molar-refractivity contribution in [2.24, 2.45) is 0 Å². The fourth-order valence-corrected chi connectivity index (χ4v) is 1.51. The zero-order chi connectivity index (χ0) is 8.55. The molecular weight excluding hydrogens is 218 g/mol. The number of pyridine rings is 1. The first kappa shape index (κ1) is 7.68.